The lowest BCUT2D eigenvalue weighted by Gasteiger charge is -2.08. The molecule has 1 amide bonds. The van der Waals surface area contributed by atoms with Gasteiger partial charge in [-0.2, -0.15) is 0 Å². The molecule has 21 heavy (non-hydrogen) atoms. The van der Waals surface area contributed by atoms with Crippen LogP contribution in [0.5, 0.6) is 0 Å². The lowest BCUT2D eigenvalue weighted by Crippen LogP contribution is -2.13. The van der Waals surface area contributed by atoms with Crippen LogP contribution in [0.1, 0.15) is 20.7 Å². The summed E-state index contributed by atoms with van der Waals surface area (Å²) in [5.41, 5.74) is 0.526. The molecule has 4 nitrogen and oxygen atoms in total. The van der Waals surface area contributed by atoms with Crippen molar-refractivity contribution < 1.29 is 18.7 Å². The fourth-order valence-electron chi connectivity index (χ4n) is 1.67. The molecule has 0 fully saturated rings. The molecule has 0 heterocycles. The van der Waals surface area contributed by atoms with E-state index in [1.807, 2.05) is 0 Å². The Hall–Kier alpha value is -2.21. The van der Waals surface area contributed by atoms with Gasteiger partial charge in [-0.15, -0.1) is 0 Å². The Labute approximate surface area is 129 Å². The normalized spacial score (nSPS) is 10.0. The highest BCUT2D eigenvalue weighted by molar-refractivity contribution is 9.10. The number of nitrogens with one attached hydrogen (secondary N) is 1. The first-order chi connectivity index (χ1) is 10.0. The van der Waals surface area contributed by atoms with Crippen LogP contribution in [0.3, 0.4) is 0 Å². The summed E-state index contributed by atoms with van der Waals surface area (Å²) in [7, 11) is 1.16. The minimum Gasteiger partial charge on any atom is -0.465 e. The number of rotatable bonds is 3. The van der Waals surface area contributed by atoms with Gasteiger partial charge in [0.25, 0.3) is 5.91 Å². The standard InChI is InChI=1S/C15H11BrFNO3/c1-21-15(20)12-8-11(6-7-13(12)17)18-14(19)9-2-4-10(16)5-3-9/h2-8H,1H3,(H,18,19). The summed E-state index contributed by atoms with van der Waals surface area (Å²) in [5.74, 6) is -1.86. The van der Waals surface area contributed by atoms with Crippen molar-refractivity contribution in [2.75, 3.05) is 12.4 Å². The Bertz CT molecular complexity index is 686. The van der Waals surface area contributed by atoms with Crippen LogP contribution >= 0.6 is 15.9 Å². The Morgan fingerprint density at radius 1 is 1.14 bits per heavy atom. The molecule has 0 aliphatic heterocycles. The van der Waals surface area contributed by atoms with Crippen LogP contribution in [0.15, 0.2) is 46.9 Å². The highest BCUT2D eigenvalue weighted by Gasteiger charge is 2.14. The number of carbonyl (C=O) groups is 2. The van der Waals surface area contributed by atoms with E-state index in [1.54, 1.807) is 24.3 Å². The SMILES string of the molecule is COC(=O)c1cc(NC(=O)c2ccc(Br)cc2)ccc1F. The topological polar surface area (TPSA) is 55.4 Å². The van der Waals surface area contributed by atoms with Gasteiger partial charge in [0.05, 0.1) is 12.7 Å². The van der Waals surface area contributed by atoms with Crippen molar-refractivity contribution >= 4 is 33.5 Å². The zero-order valence-electron chi connectivity index (χ0n) is 11.0. The maximum absolute atomic E-state index is 13.5. The number of methoxy groups -OCH3 is 1. The Balaban J connectivity index is 2.21. The van der Waals surface area contributed by atoms with E-state index >= 15 is 0 Å². The van der Waals surface area contributed by atoms with Gasteiger partial charge in [-0.3, -0.25) is 4.79 Å². The number of anilines is 1. The largest absolute Gasteiger partial charge is 0.465 e. The van der Waals surface area contributed by atoms with Crippen molar-refractivity contribution in [3.8, 4) is 0 Å². The van der Waals surface area contributed by atoms with Crippen LogP contribution in [0.25, 0.3) is 0 Å². The molecular weight excluding hydrogens is 341 g/mol. The molecule has 2 aromatic carbocycles. The van der Waals surface area contributed by atoms with Crippen LogP contribution in [0, 0.1) is 5.82 Å². The van der Waals surface area contributed by atoms with E-state index in [4.69, 9.17) is 0 Å². The highest BCUT2D eigenvalue weighted by Crippen LogP contribution is 2.17. The second-order valence-corrected chi connectivity index (χ2v) is 5.06. The molecule has 0 radical (unpaired) electrons. The minimum absolute atomic E-state index is 0.230. The number of benzene rings is 2. The maximum atomic E-state index is 13.5. The lowest BCUT2D eigenvalue weighted by molar-refractivity contribution is 0.0595. The van der Waals surface area contributed by atoms with Crippen LogP contribution in [-0.2, 0) is 4.74 Å². The second-order valence-electron chi connectivity index (χ2n) is 4.15. The van der Waals surface area contributed by atoms with Gasteiger partial charge in [0, 0.05) is 15.7 Å². The molecule has 0 spiro atoms. The minimum atomic E-state index is -0.799. The summed E-state index contributed by atoms with van der Waals surface area (Å²) in [4.78, 5) is 23.4. The molecular formula is C15H11BrFNO3. The molecule has 0 aliphatic carbocycles. The Kier molecular flexibility index (Phi) is 4.70. The third-order valence-corrected chi connectivity index (χ3v) is 3.26. The molecule has 0 unspecified atom stereocenters. The number of esters is 1. The molecule has 0 saturated carbocycles. The zero-order chi connectivity index (χ0) is 15.4. The summed E-state index contributed by atoms with van der Waals surface area (Å²) in [6.07, 6.45) is 0. The third-order valence-electron chi connectivity index (χ3n) is 2.74. The van der Waals surface area contributed by atoms with E-state index in [-0.39, 0.29) is 11.5 Å². The molecule has 0 aliphatic rings. The first-order valence-electron chi connectivity index (χ1n) is 5.96. The van der Waals surface area contributed by atoms with Crippen molar-refractivity contribution in [3.63, 3.8) is 0 Å². The van der Waals surface area contributed by atoms with Gasteiger partial charge >= 0.3 is 5.97 Å². The molecule has 1 N–H and O–H groups in total. The molecule has 6 heteroatoms. The summed E-state index contributed by atoms with van der Waals surface area (Å²) in [6.45, 7) is 0. The van der Waals surface area contributed by atoms with Gasteiger partial charge < -0.3 is 10.1 Å². The third kappa shape index (κ3) is 3.66. The van der Waals surface area contributed by atoms with Gasteiger partial charge in [-0.1, -0.05) is 15.9 Å². The van der Waals surface area contributed by atoms with Gasteiger partial charge in [0.2, 0.25) is 0 Å². The van der Waals surface area contributed by atoms with Crippen molar-refractivity contribution in [3.05, 3.63) is 63.9 Å². The van der Waals surface area contributed by atoms with Crippen molar-refractivity contribution in [2.45, 2.75) is 0 Å². The van der Waals surface area contributed by atoms with Crippen LogP contribution in [0.4, 0.5) is 10.1 Å². The highest BCUT2D eigenvalue weighted by atomic mass is 79.9. The lowest BCUT2D eigenvalue weighted by atomic mass is 10.1. The summed E-state index contributed by atoms with van der Waals surface area (Å²) < 4.78 is 18.8. The van der Waals surface area contributed by atoms with Gasteiger partial charge in [0.15, 0.2) is 0 Å². The number of hydrogen-bond donors (Lipinski definition) is 1. The molecule has 0 aromatic heterocycles. The Morgan fingerprint density at radius 3 is 2.43 bits per heavy atom. The maximum Gasteiger partial charge on any atom is 0.340 e. The number of amides is 1. The summed E-state index contributed by atoms with van der Waals surface area (Å²) in [6, 6.07) is 10.5. The summed E-state index contributed by atoms with van der Waals surface area (Å²) in [5, 5.41) is 2.60. The van der Waals surface area contributed by atoms with Crippen molar-refractivity contribution in [2.24, 2.45) is 0 Å². The van der Waals surface area contributed by atoms with Crippen LogP contribution < -0.4 is 5.32 Å². The van der Waals surface area contributed by atoms with Gasteiger partial charge in [-0.05, 0) is 42.5 Å². The van der Waals surface area contributed by atoms with E-state index in [1.165, 1.54) is 12.1 Å². The molecule has 2 aromatic rings. The quantitative estimate of drug-likeness (QED) is 0.859. The van der Waals surface area contributed by atoms with E-state index in [2.05, 4.69) is 26.0 Å². The van der Waals surface area contributed by atoms with E-state index in [0.717, 1.165) is 17.6 Å². The Morgan fingerprint density at radius 2 is 1.81 bits per heavy atom. The second kappa shape index (κ2) is 6.49. The molecule has 0 bridgehead atoms. The zero-order valence-corrected chi connectivity index (χ0v) is 12.6. The number of halogens is 2. The van der Waals surface area contributed by atoms with Crippen molar-refractivity contribution in [1.29, 1.82) is 0 Å². The average Bonchev–Trinajstić information content (AvgIpc) is 2.49. The molecule has 108 valence electrons. The summed E-state index contributed by atoms with van der Waals surface area (Å²) >= 11 is 3.28. The van der Waals surface area contributed by atoms with E-state index in [0.29, 0.717) is 11.3 Å². The first-order valence-corrected chi connectivity index (χ1v) is 6.75. The number of ether oxygens (including phenoxy) is 1. The molecule has 2 rings (SSSR count). The van der Waals surface area contributed by atoms with Gasteiger partial charge in [-0.25, -0.2) is 9.18 Å². The van der Waals surface area contributed by atoms with E-state index in [9.17, 15) is 14.0 Å². The van der Waals surface area contributed by atoms with Crippen molar-refractivity contribution in [1.82, 2.24) is 0 Å². The van der Waals surface area contributed by atoms with Crippen LogP contribution in [-0.4, -0.2) is 19.0 Å². The number of hydrogen-bond acceptors (Lipinski definition) is 3. The smallest absolute Gasteiger partial charge is 0.340 e. The van der Waals surface area contributed by atoms with Gasteiger partial charge in [0.1, 0.15) is 5.82 Å². The fourth-order valence-corrected chi connectivity index (χ4v) is 1.94. The predicted octanol–water partition coefficient (Wildman–Crippen LogP) is 3.63. The van der Waals surface area contributed by atoms with E-state index < -0.39 is 11.8 Å². The van der Waals surface area contributed by atoms with Crippen LogP contribution in [0.2, 0.25) is 0 Å². The number of carbonyl (C=O) groups excluding carboxylic acids is 2. The predicted molar refractivity (Wildman–Crippen MR) is 79.8 cm³/mol. The first kappa shape index (κ1) is 15.2. The fraction of sp³-hybridized carbons (Fsp3) is 0.0667. The molecule has 0 atom stereocenters. The molecule has 0 saturated heterocycles. The average molecular weight is 352 g/mol. The monoisotopic (exact) mass is 351 g/mol.